The summed E-state index contributed by atoms with van der Waals surface area (Å²) in [6.45, 7) is 2.98. The predicted molar refractivity (Wildman–Crippen MR) is 162 cm³/mol. The second-order valence-corrected chi connectivity index (χ2v) is 11.8. The van der Waals surface area contributed by atoms with Crippen LogP contribution in [-0.2, 0) is 11.4 Å². The van der Waals surface area contributed by atoms with Gasteiger partial charge in [-0.3, -0.25) is 9.69 Å². The van der Waals surface area contributed by atoms with Crippen LogP contribution >= 0.6 is 84.5 Å². The van der Waals surface area contributed by atoms with Crippen molar-refractivity contribution in [3.05, 3.63) is 93.3 Å². The van der Waals surface area contributed by atoms with Crippen molar-refractivity contribution in [2.45, 2.75) is 13.5 Å². The molecule has 1 saturated heterocycles. The summed E-state index contributed by atoms with van der Waals surface area (Å²) in [6.07, 6.45) is 1.91. The first-order valence-corrected chi connectivity index (χ1v) is 14.4. The van der Waals surface area contributed by atoms with Crippen LogP contribution in [0.1, 0.15) is 18.1 Å². The third-order valence-corrected chi connectivity index (χ3v) is 8.72. The zero-order valence-electron chi connectivity index (χ0n) is 17.9. The first-order valence-electron chi connectivity index (χ1n) is 10.3. The summed E-state index contributed by atoms with van der Waals surface area (Å²) in [6, 6.07) is 19.6. The van der Waals surface area contributed by atoms with Crippen molar-refractivity contribution in [2.24, 2.45) is 4.99 Å². The van der Waals surface area contributed by atoms with Gasteiger partial charge in [0.1, 0.15) is 12.4 Å². The fourth-order valence-electron chi connectivity index (χ4n) is 3.22. The number of nitrogens with zero attached hydrogens (tertiary/aromatic N) is 2. The van der Waals surface area contributed by atoms with Gasteiger partial charge in [0.2, 0.25) is 0 Å². The minimum absolute atomic E-state index is 0.0520. The molecule has 0 unspecified atom stereocenters. The Morgan fingerprint density at radius 3 is 2.47 bits per heavy atom. The van der Waals surface area contributed by atoms with Crippen molar-refractivity contribution in [2.75, 3.05) is 6.54 Å². The van der Waals surface area contributed by atoms with Crippen LogP contribution < -0.4 is 4.74 Å². The highest BCUT2D eigenvalue weighted by molar-refractivity contribution is 14.1. The highest BCUT2D eigenvalue weighted by atomic mass is 127. The van der Waals surface area contributed by atoms with E-state index in [2.05, 4.69) is 66.1 Å². The third-order valence-electron chi connectivity index (χ3n) is 4.88. The Balaban J connectivity index is 1.57. The Kier molecular flexibility index (Phi) is 9.00. The summed E-state index contributed by atoms with van der Waals surface area (Å²) >= 11 is 15.5. The van der Waals surface area contributed by atoms with E-state index >= 15 is 0 Å². The molecule has 0 aromatic heterocycles. The maximum absolute atomic E-state index is 13.1. The van der Waals surface area contributed by atoms with Crippen LogP contribution in [0.15, 0.2) is 75.0 Å². The van der Waals surface area contributed by atoms with Crippen molar-refractivity contribution in [3.8, 4) is 5.75 Å². The van der Waals surface area contributed by atoms with Crippen LogP contribution in [0.4, 0.5) is 5.69 Å². The van der Waals surface area contributed by atoms with Crippen molar-refractivity contribution in [3.63, 3.8) is 0 Å². The summed E-state index contributed by atoms with van der Waals surface area (Å²) in [5.74, 6) is 0.797. The minimum Gasteiger partial charge on any atom is -0.487 e. The Bertz CT molecular complexity index is 1280. The number of likely N-dealkylation sites (N-methyl/N-ethyl adjacent to an activating group) is 1. The lowest BCUT2D eigenvalue weighted by Gasteiger charge is -2.12. The van der Waals surface area contributed by atoms with Gasteiger partial charge in [0, 0.05) is 11.0 Å². The molecule has 4 rings (SSSR count). The van der Waals surface area contributed by atoms with Crippen LogP contribution in [0.5, 0.6) is 5.75 Å². The number of benzene rings is 3. The molecule has 4 nitrogen and oxygen atoms in total. The van der Waals surface area contributed by atoms with E-state index in [0.717, 1.165) is 28.5 Å². The number of rotatable bonds is 6. The molecule has 1 fully saturated rings. The summed E-state index contributed by atoms with van der Waals surface area (Å²) < 4.78 is 8.88. The van der Waals surface area contributed by atoms with Gasteiger partial charge in [0.05, 0.1) is 22.8 Å². The standard InChI is InChI=1S/C25H18BrClI2N2O2S/c1-2-31-24(32)22(34-25(31)30-17-8-9-18(26)19(27)13-17)12-16-10-20(28)23(21(29)11-16)33-14-15-6-4-3-5-7-15/h3-13H,2,14H2,1H3/b22-12+,30-25?. The molecule has 0 N–H and O–H groups in total. The second-order valence-electron chi connectivity index (χ2n) is 7.24. The number of amides is 1. The molecule has 0 bridgehead atoms. The third kappa shape index (κ3) is 6.18. The minimum atomic E-state index is -0.0520. The number of ether oxygens (including phenoxy) is 1. The van der Waals surface area contributed by atoms with Gasteiger partial charge in [-0.2, -0.15) is 0 Å². The molecule has 0 spiro atoms. The molecule has 3 aromatic carbocycles. The molecular weight excluding hydrogens is 762 g/mol. The predicted octanol–water partition coefficient (Wildman–Crippen LogP) is 8.51. The van der Waals surface area contributed by atoms with E-state index in [9.17, 15) is 4.79 Å². The maximum Gasteiger partial charge on any atom is 0.266 e. The second kappa shape index (κ2) is 11.8. The summed E-state index contributed by atoms with van der Waals surface area (Å²) in [7, 11) is 0. The van der Waals surface area contributed by atoms with E-state index < -0.39 is 0 Å². The van der Waals surface area contributed by atoms with Gasteiger partial charge >= 0.3 is 0 Å². The SMILES string of the molecule is CCN1C(=O)/C(=C\c2cc(I)c(OCc3ccccc3)c(I)c2)SC1=Nc1ccc(Br)c(Cl)c1. The van der Waals surface area contributed by atoms with Crippen molar-refractivity contribution >= 4 is 107 Å². The monoisotopic (exact) mass is 778 g/mol. The van der Waals surface area contributed by atoms with Crippen molar-refractivity contribution in [1.82, 2.24) is 4.90 Å². The lowest BCUT2D eigenvalue weighted by atomic mass is 10.2. The lowest BCUT2D eigenvalue weighted by Crippen LogP contribution is -2.28. The van der Waals surface area contributed by atoms with Gasteiger partial charge < -0.3 is 4.74 Å². The molecule has 1 heterocycles. The molecule has 0 radical (unpaired) electrons. The first kappa shape index (κ1) is 26.0. The smallest absolute Gasteiger partial charge is 0.266 e. The van der Waals surface area contributed by atoms with Crippen LogP contribution in [0, 0.1) is 7.14 Å². The number of halogens is 4. The molecular formula is C25H18BrClI2N2O2S. The summed E-state index contributed by atoms with van der Waals surface area (Å²) in [5.41, 5.74) is 2.76. The number of carbonyl (C=O) groups is 1. The van der Waals surface area contributed by atoms with Crippen molar-refractivity contribution in [1.29, 1.82) is 0 Å². The first-order chi connectivity index (χ1) is 16.4. The molecule has 9 heteroatoms. The van der Waals surface area contributed by atoms with Gasteiger partial charge in [-0.25, -0.2) is 4.99 Å². The van der Waals surface area contributed by atoms with Crippen LogP contribution in [0.25, 0.3) is 6.08 Å². The van der Waals surface area contributed by atoms with Crippen molar-refractivity contribution < 1.29 is 9.53 Å². The normalized spacial score (nSPS) is 16.0. The van der Waals surface area contributed by atoms with E-state index in [0.29, 0.717) is 33.9 Å². The molecule has 1 aliphatic heterocycles. The van der Waals surface area contributed by atoms with Crippen LogP contribution in [0.2, 0.25) is 5.02 Å². The highest BCUT2D eigenvalue weighted by Crippen LogP contribution is 2.37. The van der Waals surface area contributed by atoms with Gasteiger partial charge in [-0.1, -0.05) is 41.9 Å². The largest absolute Gasteiger partial charge is 0.487 e. The Morgan fingerprint density at radius 1 is 1.12 bits per heavy atom. The zero-order valence-corrected chi connectivity index (χ0v) is 25.4. The van der Waals surface area contributed by atoms with E-state index in [1.807, 2.05) is 67.6 Å². The summed E-state index contributed by atoms with van der Waals surface area (Å²) in [4.78, 5) is 20.0. The fourth-order valence-corrected chi connectivity index (χ4v) is 6.83. The number of aliphatic imine (C=N–C) groups is 1. The van der Waals surface area contributed by atoms with E-state index in [4.69, 9.17) is 16.3 Å². The van der Waals surface area contributed by atoms with E-state index in [1.54, 1.807) is 11.0 Å². The van der Waals surface area contributed by atoms with Gasteiger partial charge in [0.25, 0.3) is 5.91 Å². The van der Waals surface area contributed by atoms with Gasteiger partial charge in [-0.05, 0) is 127 Å². The molecule has 1 amide bonds. The summed E-state index contributed by atoms with van der Waals surface area (Å²) in [5, 5.41) is 1.22. The lowest BCUT2D eigenvalue weighted by molar-refractivity contribution is -0.122. The number of thioether (sulfide) groups is 1. The average Bonchev–Trinajstić information content (AvgIpc) is 3.10. The van der Waals surface area contributed by atoms with Crippen LogP contribution in [-0.4, -0.2) is 22.5 Å². The Hall–Kier alpha value is -1.08. The fraction of sp³-hybridized carbons (Fsp3) is 0.120. The quantitative estimate of drug-likeness (QED) is 0.186. The van der Waals surface area contributed by atoms with Crippen LogP contribution in [0.3, 0.4) is 0 Å². The van der Waals surface area contributed by atoms with Gasteiger partial charge in [-0.15, -0.1) is 0 Å². The average molecular weight is 780 g/mol. The molecule has 0 aliphatic carbocycles. The molecule has 0 atom stereocenters. The topological polar surface area (TPSA) is 41.9 Å². The maximum atomic E-state index is 13.1. The molecule has 1 aliphatic rings. The molecule has 0 saturated carbocycles. The Morgan fingerprint density at radius 2 is 1.82 bits per heavy atom. The number of hydrogen-bond donors (Lipinski definition) is 0. The number of hydrogen-bond acceptors (Lipinski definition) is 4. The van der Waals surface area contributed by atoms with Gasteiger partial charge in [0.15, 0.2) is 5.17 Å². The number of amidine groups is 1. The molecule has 174 valence electrons. The Labute approximate surface area is 243 Å². The number of carbonyl (C=O) groups excluding carboxylic acids is 1. The molecule has 3 aromatic rings. The molecule has 34 heavy (non-hydrogen) atoms. The zero-order chi connectivity index (χ0) is 24.2. The van der Waals surface area contributed by atoms with E-state index in [1.165, 1.54) is 11.8 Å². The van der Waals surface area contributed by atoms with E-state index in [-0.39, 0.29) is 5.91 Å². The highest BCUT2D eigenvalue weighted by Gasteiger charge is 2.32.